The number of rotatable bonds is 6. The van der Waals surface area contributed by atoms with E-state index in [9.17, 15) is 0 Å². The minimum atomic E-state index is -0.122. The standard InChI is InChI=1S/C55H38N2O2/c1-55(2)46-19-10-9-18-44(46)45-32-52-53(33-47(45)55)58-50-29-28-42(31-51(50)59-52)41-16-11-17-43(30-41)54-56-48(39-24-20-37(21-25-39)35-12-5-3-6-13-35)34-49(57-54)40-26-22-38(23-27-40)36-14-7-4-8-15-36/h3-34H,1-2H3. The smallest absolute Gasteiger partial charge is 0.170 e. The van der Waals surface area contributed by atoms with Gasteiger partial charge in [-0.15, -0.1) is 0 Å². The first-order chi connectivity index (χ1) is 28.9. The molecule has 0 fully saturated rings. The third-order valence-corrected chi connectivity index (χ3v) is 11.8. The second-order valence-electron chi connectivity index (χ2n) is 15.8. The van der Waals surface area contributed by atoms with Crippen LogP contribution < -0.4 is 9.47 Å². The maximum absolute atomic E-state index is 6.62. The molecule has 0 spiro atoms. The molecule has 11 rings (SSSR count). The molecule has 1 aliphatic carbocycles. The van der Waals surface area contributed by atoms with Crippen molar-refractivity contribution >= 4 is 0 Å². The molecule has 0 unspecified atom stereocenters. The van der Waals surface area contributed by atoms with E-state index in [1.807, 2.05) is 18.2 Å². The van der Waals surface area contributed by atoms with Crippen molar-refractivity contribution in [2.24, 2.45) is 0 Å². The van der Waals surface area contributed by atoms with Crippen LogP contribution in [-0.4, -0.2) is 9.97 Å². The van der Waals surface area contributed by atoms with Crippen molar-refractivity contribution in [1.82, 2.24) is 9.97 Å². The molecule has 0 radical (unpaired) electrons. The summed E-state index contributed by atoms with van der Waals surface area (Å²) < 4.78 is 13.1. The summed E-state index contributed by atoms with van der Waals surface area (Å²) in [5, 5.41) is 0. The SMILES string of the molecule is CC1(C)c2ccccc2-c2cc3c(cc21)Oc1ccc(-c2cccc(-c4nc(-c5ccc(-c6ccccc6)cc5)cc(-c5ccc(-c6ccccc6)cc5)n4)c2)cc1O3. The molecule has 0 saturated carbocycles. The lowest BCUT2D eigenvalue weighted by Gasteiger charge is -2.25. The van der Waals surface area contributed by atoms with E-state index < -0.39 is 0 Å². The van der Waals surface area contributed by atoms with Crippen LogP contribution in [0.5, 0.6) is 23.0 Å². The van der Waals surface area contributed by atoms with E-state index in [0.717, 1.165) is 61.8 Å². The lowest BCUT2D eigenvalue weighted by Crippen LogP contribution is -2.15. The lowest BCUT2D eigenvalue weighted by atomic mass is 9.82. The Hall–Kier alpha value is -7.56. The van der Waals surface area contributed by atoms with Gasteiger partial charge in [0.25, 0.3) is 0 Å². The van der Waals surface area contributed by atoms with Crippen molar-refractivity contribution in [3.8, 4) is 101 Å². The van der Waals surface area contributed by atoms with Gasteiger partial charge in [0.1, 0.15) is 0 Å². The minimum Gasteiger partial charge on any atom is -0.450 e. The first-order valence-corrected chi connectivity index (χ1v) is 20.0. The second kappa shape index (κ2) is 13.8. The highest BCUT2D eigenvalue weighted by Crippen LogP contribution is 2.55. The van der Waals surface area contributed by atoms with E-state index in [-0.39, 0.29) is 5.41 Å². The number of benzene rings is 8. The Morgan fingerprint density at radius 1 is 0.322 bits per heavy atom. The van der Waals surface area contributed by atoms with E-state index in [0.29, 0.717) is 17.3 Å². The fraction of sp³-hybridized carbons (Fsp3) is 0.0545. The summed E-state index contributed by atoms with van der Waals surface area (Å²) in [4.78, 5) is 10.4. The summed E-state index contributed by atoms with van der Waals surface area (Å²) in [5.74, 6) is 3.50. The van der Waals surface area contributed by atoms with Crippen molar-refractivity contribution in [3.05, 3.63) is 205 Å². The number of hydrogen-bond donors (Lipinski definition) is 0. The Morgan fingerprint density at radius 3 is 1.46 bits per heavy atom. The topological polar surface area (TPSA) is 44.2 Å². The van der Waals surface area contributed by atoms with Crippen LogP contribution in [-0.2, 0) is 5.41 Å². The first-order valence-electron chi connectivity index (χ1n) is 20.0. The van der Waals surface area contributed by atoms with Gasteiger partial charge in [-0.1, -0.05) is 172 Å². The van der Waals surface area contributed by atoms with Gasteiger partial charge in [0.05, 0.1) is 11.4 Å². The fourth-order valence-electron chi connectivity index (χ4n) is 8.59. The summed E-state index contributed by atoms with van der Waals surface area (Å²) in [6.07, 6.45) is 0. The van der Waals surface area contributed by atoms with Crippen LogP contribution in [0.3, 0.4) is 0 Å². The third kappa shape index (κ3) is 6.18. The highest BCUT2D eigenvalue weighted by molar-refractivity contribution is 5.84. The van der Waals surface area contributed by atoms with E-state index in [1.165, 1.54) is 33.4 Å². The van der Waals surface area contributed by atoms with Crippen LogP contribution in [0.4, 0.5) is 0 Å². The highest BCUT2D eigenvalue weighted by Gasteiger charge is 2.37. The van der Waals surface area contributed by atoms with Gasteiger partial charge in [0, 0.05) is 22.1 Å². The molecule has 0 N–H and O–H groups in total. The van der Waals surface area contributed by atoms with E-state index in [4.69, 9.17) is 19.4 Å². The zero-order valence-corrected chi connectivity index (χ0v) is 32.7. The quantitative estimate of drug-likeness (QED) is 0.169. The summed E-state index contributed by atoms with van der Waals surface area (Å²) in [6, 6.07) is 67.7. The third-order valence-electron chi connectivity index (χ3n) is 11.8. The van der Waals surface area contributed by atoms with Crippen LogP contribution >= 0.6 is 0 Å². The molecule has 4 nitrogen and oxygen atoms in total. The monoisotopic (exact) mass is 758 g/mol. The molecule has 8 aromatic carbocycles. The lowest BCUT2D eigenvalue weighted by molar-refractivity contribution is 0.359. The molecule has 1 aliphatic heterocycles. The van der Waals surface area contributed by atoms with Crippen LogP contribution in [0.15, 0.2) is 194 Å². The van der Waals surface area contributed by atoms with Crippen molar-refractivity contribution in [3.63, 3.8) is 0 Å². The van der Waals surface area contributed by atoms with Gasteiger partial charge in [-0.05, 0) is 92.0 Å². The van der Waals surface area contributed by atoms with Gasteiger partial charge in [0.15, 0.2) is 28.8 Å². The van der Waals surface area contributed by atoms with Crippen molar-refractivity contribution < 1.29 is 9.47 Å². The number of hydrogen-bond acceptors (Lipinski definition) is 4. The highest BCUT2D eigenvalue weighted by atomic mass is 16.6. The molecule has 0 bridgehead atoms. The Morgan fingerprint density at radius 2 is 0.797 bits per heavy atom. The van der Waals surface area contributed by atoms with Crippen molar-refractivity contribution in [2.45, 2.75) is 19.3 Å². The van der Waals surface area contributed by atoms with Crippen LogP contribution in [0.1, 0.15) is 25.0 Å². The fourth-order valence-corrected chi connectivity index (χ4v) is 8.59. The average molecular weight is 759 g/mol. The summed E-state index contributed by atoms with van der Waals surface area (Å²) in [5.41, 5.74) is 16.3. The molecule has 0 saturated heterocycles. The Bertz CT molecular complexity index is 2940. The van der Waals surface area contributed by atoms with Crippen molar-refractivity contribution in [2.75, 3.05) is 0 Å². The van der Waals surface area contributed by atoms with E-state index in [2.05, 4.69) is 190 Å². The summed E-state index contributed by atoms with van der Waals surface area (Å²) in [6.45, 7) is 4.55. The normalized spacial score (nSPS) is 13.0. The van der Waals surface area contributed by atoms with Crippen LogP contribution in [0.25, 0.3) is 78.4 Å². The predicted molar refractivity (Wildman–Crippen MR) is 239 cm³/mol. The molecule has 2 aliphatic rings. The predicted octanol–water partition coefficient (Wildman–Crippen LogP) is 14.7. The molecule has 0 atom stereocenters. The molecule has 280 valence electrons. The summed E-state index contributed by atoms with van der Waals surface area (Å²) >= 11 is 0. The van der Waals surface area contributed by atoms with Gasteiger partial charge >= 0.3 is 0 Å². The molecule has 2 heterocycles. The maximum Gasteiger partial charge on any atom is 0.170 e. The first kappa shape index (κ1) is 34.7. The average Bonchev–Trinajstić information content (AvgIpc) is 3.52. The minimum absolute atomic E-state index is 0.122. The Balaban J connectivity index is 0.948. The second-order valence-corrected chi connectivity index (χ2v) is 15.8. The Labute approximate surface area is 344 Å². The van der Waals surface area contributed by atoms with Crippen LogP contribution in [0.2, 0.25) is 0 Å². The maximum atomic E-state index is 6.62. The van der Waals surface area contributed by atoms with Gasteiger partial charge in [-0.3, -0.25) is 0 Å². The Kier molecular flexibility index (Phi) is 8.12. The number of fused-ring (bicyclic) bond motifs is 5. The molecule has 1 aromatic heterocycles. The summed E-state index contributed by atoms with van der Waals surface area (Å²) in [7, 11) is 0. The number of nitrogens with zero attached hydrogens (tertiary/aromatic N) is 2. The molecular formula is C55H38N2O2. The molecule has 9 aromatic rings. The van der Waals surface area contributed by atoms with Gasteiger partial charge in [0.2, 0.25) is 0 Å². The van der Waals surface area contributed by atoms with Gasteiger partial charge in [-0.25, -0.2) is 9.97 Å². The molecular weight excluding hydrogens is 721 g/mol. The molecule has 59 heavy (non-hydrogen) atoms. The van der Waals surface area contributed by atoms with Crippen LogP contribution in [0, 0.1) is 0 Å². The van der Waals surface area contributed by atoms with E-state index in [1.54, 1.807) is 0 Å². The van der Waals surface area contributed by atoms with Gasteiger partial charge in [-0.2, -0.15) is 0 Å². The number of aromatic nitrogens is 2. The number of ether oxygens (including phenoxy) is 2. The molecule has 0 amide bonds. The van der Waals surface area contributed by atoms with E-state index >= 15 is 0 Å². The zero-order chi connectivity index (χ0) is 39.5. The molecule has 4 heteroatoms. The van der Waals surface area contributed by atoms with Crippen molar-refractivity contribution in [1.29, 1.82) is 0 Å². The van der Waals surface area contributed by atoms with Gasteiger partial charge < -0.3 is 9.47 Å². The largest absolute Gasteiger partial charge is 0.450 e. The zero-order valence-electron chi connectivity index (χ0n) is 32.7.